The minimum Gasteiger partial charge on any atom is -0.508 e. The van der Waals surface area contributed by atoms with Crippen molar-refractivity contribution in [2.24, 2.45) is 0 Å². The van der Waals surface area contributed by atoms with Gasteiger partial charge in [0, 0.05) is 11.1 Å². The number of para-hydroxylation sites is 1. The molecule has 0 fully saturated rings. The zero-order chi connectivity index (χ0) is 12.4. The zero-order valence-electron chi connectivity index (χ0n) is 9.54. The summed E-state index contributed by atoms with van der Waals surface area (Å²) in [5, 5.41) is 13.5. The molecule has 18 heavy (non-hydrogen) atoms. The molecular formula is C14H11N3O. The Labute approximate surface area is 104 Å². The largest absolute Gasteiger partial charge is 0.508 e. The maximum Gasteiger partial charge on any atom is 0.141 e. The quantitative estimate of drug-likeness (QED) is 0.719. The molecule has 3 aromatic rings. The first kappa shape index (κ1) is 10.5. The lowest BCUT2D eigenvalue weighted by Gasteiger charge is -2.08. The second-order valence-corrected chi connectivity index (χ2v) is 3.91. The van der Waals surface area contributed by atoms with Gasteiger partial charge in [0.2, 0.25) is 0 Å². The lowest BCUT2D eigenvalue weighted by molar-refractivity contribution is 0.476. The number of phenolic OH excluding ortho intramolecular Hbond substituents is 1. The van der Waals surface area contributed by atoms with Crippen molar-refractivity contribution < 1.29 is 5.11 Å². The van der Waals surface area contributed by atoms with Crippen LogP contribution >= 0.6 is 0 Å². The van der Waals surface area contributed by atoms with Crippen molar-refractivity contribution in [1.82, 2.24) is 9.97 Å². The second kappa shape index (κ2) is 4.33. The zero-order valence-corrected chi connectivity index (χ0v) is 9.54. The lowest BCUT2D eigenvalue weighted by atomic mass is 10.2. The fourth-order valence-corrected chi connectivity index (χ4v) is 1.80. The standard InChI is InChI=1S/C14H11N3O/c18-11-6-7-13-12(8-11)14(16-9-15-13)17-10-4-2-1-3-5-10/h1-9,18H,(H,15,16,17). The van der Waals surface area contributed by atoms with Crippen molar-refractivity contribution in [3.8, 4) is 5.75 Å². The molecule has 0 aliphatic carbocycles. The van der Waals surface area contributed by atoms with Crippen LogP contribution in [0.1, 0.15) is 0 Å². The highest BCUT2D eigenvalue weighted by Gasteiger charge is 2.04. The van der Waals surface area contributed by atoms with E-state index in [2.05, 4.69) is 15.3 Å². The Morgan fingerprint density at radius 2 is 1.78 bits per heavy atom. The minimum atomic E-state index is 0.202. The highest BCUT2D eigenvalue weighted by atomic mass is 16.3. The normalized spacial score (nSPS) is 10.4. The van der Waals surface area contributed by atoms with Crippen molar-refractivity contribution in [2.75, 3.05) is 5.32 Å². The van der Waals surface area contributed by atoms with Gasteiger partial charge in [-0.2, -0.15) is 0 Å². The lowest BCUT2D eigenvalue weighted by Crippen LogP contribution is -1.95. The molecule has 0 radical (unpaired) electrons. The van der Waals surface area contributed by atoms with E-state index in [9.17, 15) is 5.11 Å². The average Bonchev–Trinajstić information content (AvgIpc) is 2.41. The van der Waals surface area contributed by atoms with Crippen LogP contribution in [0.2, 0.25) is 0 Å². The van der Waals surface area contributed by atoms with Crippen LogP contribution in [0.15, 0.2) is 54.9 Å². The van der Waals surface area contributed by atoms with Gasteiger partial charge in [-0.25, -0.2) is 9.97 Å². The predicted molar refractivity (Wildman–Crippen MR) is 70.9 cm³/mol. The third kappa shape index (κ3) is 1.96. The highest BCUT2D eigenvalue weighted by Crippen LogP contribution is 2.25. The number of benzene rings is 2. The molecule has 3 rings (SSSR count). The van der Waals surface area contributed by atoms with Crippen molar-refractivity contribution in [2.45, 2.75) is 0 Å². The maximum atomic E-state index is 9.54. The van der Waals surface area contributed by atoms with Gasteiger partial charge in [0.15, 0.2) is 0 Å². The van der Waals surface area contributed by atoms with E-state index < -0.39 is 0 Å². The summed E-state index contributed by atoms with van der Waals surface area (Å²) in [6.07, 6.45) is 1.50. The van der Waals surface area contributed by atoms with E-state index in [1.165, 1.54) is 6.33 Å². The molecule has 0 saturated heterocycles. The summed E-state index contributed by atoms with van der Waals surface area (Å²) in [5.41, 5.74) is 1.74. The molecule has 2 aromatic carbocycles. The van der Waals surface area contributed by atoms with E-state index in [1.54, 1.807) is 18.2 Å². The summed E-state index contributed by atoms with van der Waals surface area (Å²) in [6, 6.07) is 14.8. The Balaban J connectivity index is 2.09. The Morgan fingerprint density at radius 3 is 2.61 bits per heavy atom. The third-order valence-corrected chi connectivity index (χ3v) is 2.66. The van der Waals surface area contributed by atoms with Gasteiger partial charge < -0.3 is 10.4 Å². The van der Waals surface area contributed by atoms with Gasteiger partial charge in [-0.05, 0) is 30.3 Å². The Morgan fingerprint density at radius 1 is 0.944 bits per heavy atom. The van der Waals surface area contributed by atoms with Gasteiger partial charge in [0.25, 0.3) is 0 Å². The van der Waals surface area contributed by atoms with Crippen LogP contribution in [0.3, 0.4) is 0 Å². The van der Waals surface area contributed by atoms with Gasteiger partial charge in [-0.3, -0.25) is 0 Å². The summed E-state index contributed by atoms with van der Waals surface area (Å²) >= 11 is 0. The van der Waals surface area contributed by atoms with E-state index in [1.807, 2.05) is 30.3 Å². The van der Waals surface area contributed by atoms with Crippen molar-refractivity contribution in [1.29, 1.82) is 0 Å². The maximum absolute atomic E-state index is 9.54. The van der Waals surface area contributed by atoms with Crippen LogP contribution in [0, 0.1) is 0 Å². The number of hydrogen-bond acceptors (Lipinski definition) is 4. The molecule has 2 N–H and O–H groups in total. The number of nitrogens with one attached hydrogen (secondary N) is 1. The summed E-state index contributed by atoms with van der Waals surface area (Å²) in [6.45, 7) is 0. The SMILES string of the molecule is Oc1ccc2ncnc(Nc3ccccc3)c2c1. The fourth-order valence-electron chi connectivity index (χ4n) is 1.80. The van der Waals surface area contributed by atoms with Crippen LogP contribution in [0.4, 0.5) is 11.5 Å². The van der Waals surface area contributed by atoms with Crippen LogP contribution in [0.5, 0.6) is 5.75 Å². The van der Waals surface area contributed by atoms with E-state index in [4.69, 9.17) is 0 Å². The first-order chi connectivity index (χ1) is 8.83. The Kier molecular flexibility index (Phi) is 2.53. The molecule has 0 spiro atoms. The number of aromatic nitrogens is 2. The first-order valence-electron chi connectivity index (χ1n) is 5.59. The number of hydrogen-bond donors (Lipinski definition) is 2. The van der Waals surface area contributed by atoms with Crippen LogP contribution < -0.4 is 5.32 Å². The smallest absolute Gasteiger partial charge is 0.141 e. The van der Waals surface area contributed by atoms with Crippen LogP contribution in [-0.2, 0) is 0 Å². The average molecular weight is 237 g/mol. The monoisotopic (exact) mass is 237 g/mol. The second-order valence-electron chi connectivity index (χ2n) is 3.91. The molecule has 0 bridgehead atoms. The van der Waals surface area contributed by atoms with E-state index in [0.29, 0.717) is 5.82 Å². The molecule has 0 atom stereocenters. The highest BCUT2D eigenvalue weighted by molar-refractivity contribution is 5.91. The molecule has 1 aromatic heterocycles. The number of anilines is 2. The van der Waals surface area contributed by atoms with Crippen molar-refractivity contribution >= 4 is 22.4 Å². The number of nitrogens with zero attached hydrogens (tertiary/aromatic N) is 2. The number of rotatable bonds is 2. The van der Waals surface area contributed by atoms with Crippen LogP contribution in [0.25, 0.3) is 10.9 Å². The summed E-state index contributed by atoms with van der Waals surface area (Å²) in [7, 11) is 0. The summed E-state index contributed by atoms with van der Waals surface area (Å²) in [5.74, 6) is 0.885. The van der Waals surface area contributed by atoms with E-state index in [0.717, 1.165) is 16.6 Å². The van der Waals surface area contributed by atoms with Gasteiger partial charge in [-0.15, -0.1) is 0 Å². The fraction of sp³-hybridized carbons (Fsp3) is 0. The van der Waals surface area contributed by atoms with Gasteiger partial charge >= 0.3 is 0 Å². The Bertz CT molecular complexity index is 683. The number of fused-ring (bicyclic) bond motifs is 1. The molecule has 0 aliphatic heterocycles. The molecular weight excluding hydrogens is 226 g/mol. The van der Waals surface area contributed by atoms with Gasteiger partial charge in [0.1, 0.15) is 17.9 Å². The van der Waals surface area contributed by atoms with Crippen LogP contribution in [-0.4, -0.2) is 15.1 Å². The molecule has 88 valence electrons. The molecule has 0 aliphatic rings. The molecule has 0 unspecified atom stereocenters. The van der Waals surface area contributed by atoms with Crippen molar-refractivity contribution in [3.63, 3.8) is 0 Å². The summed E-state index contributed by atoms with van der Waals surface area (Å²) < 4.78 is 0. The van der Waals surface area contributed by atoms with E-state index >= 15 is 0 Å². The third-order valence-electron chi connectivity index (χ3n) is 2.66. The molecule has 4 nitrogen and oxygen atoms in total. The molecule has 1 heterocycles. The van der Waals surface area contributed by atoms with Crippen molar-refractivity contribution in [3.05, 3.63) is 54.9 Å². The first-order valence-corrected chi connectivity index (χ1v) is 5.59. The molecule has 0 amide bonds. The van der Waals surface area contributed by atoms with Gasteiger partial charge in [-0.1, -0.05) is 18.2 Å². The number of aromatic hydroxyl groups is 1. The number of phenols is 1. The van der Waals surface area contributed by atoms with E-state index in [-0.39, 0.29) is 5.75 Å². The Hall–Kier alpha value is -2.62. The molecule has 0 saturated carbocycles. The summed E-state index contributed by atoms with van der Waals surface area (Å²) in [4.78, 5) is 8.37. The van der Waals surface area contributed by atoms with Gasteiger partial charge in [0.05, 0.1) is 5.52 Å². The minimum absolute atomic E-state index is 0.202. The topological polar surface area (TPSA) is 58.0 Å². The molecule has 4 heteroatoms. The predicted octanol–water partition coefficient (Wildman–Crippen LogP) is 3.08.